The lowest BCUT2D eigenvalue weighted by Crippen LogP contribution is -2.44. The smallest absolute Gasteiger partial charge is 0.106 e. The SMILES string of the molecule is CCc1nc2ccc(C(C)N3CCNCC3)cc2[nH]1. The molecular formula is C15H22N4. The van der Waals surface area contributed by atoms with Gasteiger partial charge in [0.15, 0.2) is 0 Å². The molecule has 0 aliphatic carbocycles. The molecule has 1 aromatic carbocycles. The molecular weight excluding hydrogens is 236 g/mol. The van der Waals surface area contributed by atoms with Crippen LogP contribution >= 0.6 is 0 Å². The number of aromatic amines is 1. The first-order valence-corrected chi connectivity index (χ1v) is 7.21. The fraction of sp³-hybridized carbons (Fsp3) is 0.533. The zero-order chi connectivity index (χ0) is 13.2. The summed E-state index contributed by atoms with van der Waals surface area (Å²) in [5, 5.41) is 3.40. The maximum absolute atomic E-state index is 4.57. The highest BCUT2D eigenvalue weighted by Gasteiger charge is 2.18. The molecule has 2 aromatic rings. The number of H-pyrrole nitrogens is 1. The van der Waals surface area contributed by atoms with E-state index in [9.17, 15) is 0 Å². The lowest BCUT2D eigenvalue weighted by Gasteiger charge is -2.33. The van der Waals surface area contributed by atoms with Crippen molar-refractivity contribution in [3.8, 4) is 0 Å². The molecule has 2 heterocycles. The van der Waals surface area contributed by atoms with Gasteiger partial charge in [0.05, 0.1) is 11.0 Å². The number of aromatic nitrogens is 2. The summed E-state index contributed by atoms with van der Waals surface area (Å²) in [6, 6.07) is 7.09. The predicted molar refractivity (Wildman–Crippen MR) is 78.3 cm³/mol. The molecule has 1 aliphatic heterocycles. The molecule has 4 heteroatoms. The Balaban J connectivity index is 1.86. The normalized spacial score (nSPS) is 18.8. The van der Waals surface area contributed by atoms with E-state index in [1.807, 2.05) is 0 Å². The Morgan fingerprint density at radius 2 is 2.11 bits per heavy atom. The molecule has 1 aliphatic rings. The second kappa shape index (κ2) is 5.31. The summed E-state index contributed by atoms with van der Waals surface area (Å²) in [4.78, 5) is 10.5. The first kappa shape index (κ1) is 12.6. The monoisotopic (exact) mass is 258 g/mol. The third-order valence-electron chi connectivity index (χ3n) is 4.07. The molecule has 0 amide bonds. The molecule has 3 rings (SSSR count). The molecule has 2 N–H and O–H groups in total. The first-order chi connectivity index (χ1) is 9.28. The van der Waals surface area contributed by atoms with Crippen LogP contribution in [-0.4, -0.2) is 41.0 Å². The highest BCUT2D eigenvalue weighted by atomic mass is 15.2. The number of piperazine rings is 1. The number of rotatable bonds is 3. The van der Waals surface area contributed by atoms with Crippen molar-refractivity contribution in [2.24, 2.45) is 0 Å². The van der Waals surface area contributed by atoms with Gasteiger partial charge in [-0.25, -0.2) is 4.98 Å². The van der Waals surface area contributed by atoms with Crippen molar-refractivity contribution in [1.29, 1.82) is 0 Å². The van der Waals surface area contributed by atoms with Crippen LogP contribution in [0.2, 0.25) is 0 Å². The number of hydrogen-bond donors (Lipinski definition) is 2. The molecule has 1 unspecified atom stereocenters. The number of hydrogen-bond acceptors (Lipinski definition) is 3. The quantitative estimate of drug-likeness (QED) is 0.886. The average Bonchev–Trinajstić information content (AvgIpc) is 2.89. The van der Waals surface area contributed by atoms with Crippen molar-refractivity contribution in [3.63, 3.8) is 0 Å². The second-order valence-electron chi connectivity index (χ2n) is 5.28. The second-order valence-corrected chi connectivity index (χ2v) is 5.28. The average molecular weight is 258 g/mol. The van der Waals surface area contributed by atoms with Gasteiger partial charge in [0.25, 0.3) is 0 Å². The van der Waals surface area contributed by atoms with E-state index in [0.717, 1.165) is 49.5 Å². The molecule has 0 spiro atoms. The van der Waals surface area contributed by atoms with Gasteiger partial charge in [-0.15, -0.1) is 0 Å². The van der Waals surface area contributed by atoms with Crippen molar-refractivity contribution >= 4 is 11.0 Å². The molecule has 102 valence electrons. The summed E-state index contributed by atoms with van der Waals surface area (Å²) in [6.45, 7) is 8.86. The van der Waals surface area contributed by atoms with Crippen LogP contribution in [-0.2, 0) is 6.42 Å². The molecule has 0 saturated carbocycles. The standard InChI is InChI=1S/C15H22N4/c1-3-15-17-13-5-4-12(10-14(13)18-15)11(2)19-8-6-16-7-9-19/h4-5,10-11,16H,3,6-9H2,1-2H3,(H,17,18). The summed E-state index contributed by atoms with van der Waals surface area (Å²) in [5.74, 6) is 1.07. The van der Waals surface area contributed by atoms with Gasteiger partial charge in [-0.3, -0.25) is 4.90 Å². The molecule has 1 atom stereocenters. The number of fused-ring (bicyclic) bond motifs is 1. The molecule has 1 saturated heterocycles. The third-order valence-corrected chi connectivity index (χ3v) is 4.07. The summed E-state index contributed by atoms with van der Waals surface area (Å²) < 4.78 is 0. The number of aryl methyl sites for hydroxylation is 1. The van der Waals surface area contributed by atoms with Crippen molar-refractivity contribution in [2.75, 3.05) is 26.2 Å². The largest absolute Gasteiger partial charge is 0.342 e. The number of imidazole rings is 1. The Bertz CT molecular complexity index is 554. The van der Waals surface area contributed by atoms with Gasteiger partial charge in [-0.05, 0) is 24.6 Å². The summed E-state index contributed by atoms with van der Waals surface area (Å²) in [7, 11) is 0. The fourth-order valence-electron chi connectivity index (χ4n) is 2.79. The van der Waals surface area contributed by atoms with E-state index in [2.05, 4.69) is 52.2 Å². The Labute approximate surface area is 114 Å². The lowest BCUT2D eigenvalue weighted by atomic mass is 10.1. The number of nitrogens with one attached hydrogen (secondary N) is 2. The van der Waals surface area contributed by atoms with Crippen molar-refractivity contribution in [2.45, 2.75) is 26.3 Å². The highest BCUT2D eigenvalue weighted by molar-refractivity contribution is 5.76. The van der Waals surface area contributed by atoms with E-state index in [0.29, 0.717) is 6.04 Å². The molecule has 4 nitrogen and oxygen atoms in total. The van der Waals surface area contributed by atoms with Crippen LogP contribution in [0.25, 0.3) is 11.0 Å². The minimum Gasteiger partial charge on any atom is -0.342 e. The summed E-state index contributed by atoms with van der Waals surface area (Å²) in [6.07, 6.45) is 0.956. The van der Waals surface area contributed by atoms with E-state index in [1.165, 1.54) is 5.56 Å². The summed E-state index contributed by atoms with van der Waals surface area (Å²) in [5.41, 5.74) is 3.62. The number of benzene rings is 1. The van der Waals surface area contributed by atoms with Gasteiger partial charge in [-0.1, -0.05) is 13.0 Å². The summed E-state index contributed by atoms with van der Waals surface area (Å²) >= 11 is 0. The maximum atomic E-state index is 4.57. The molecule has 0 radical (unpaired) electrons. The highest BCUT2D eigenvalue weighted by Crippen LogP contribution is 2.23. The van der Waals surface area contributed by atoms with Crippen molar-refractivity contribution in [3.05, 3.63) is 29.6 Å². The number of nitrogens with zero attached hydrogens (tertiary/aromatic N) is 2. The van der Waals surface area contributed by atoms with Gasteiger partial charge >= 0.3 is 0 Å². The van der Waals surface area contributed by atoms with Crippen LogP contribution in [0.1, 0.15) is 31.3 Å². The van der Waals surface area contributed by atoms with E-state index in [-0.39, 0.29) is 0 Å². The Morgan fingerprint density at radius 3 is 2.84 bits per heavy atom. The predicted octanol–water partition coefficient (Wildman–Crippen LogP) is 2.09. The van der Waals surface area contributed by atoms with Gasteiger partial charge in [-0.2, -0.15) is 0 Å². The van der Waals surface area contributed by atoms with Crippen LogP contribution in [0.5, 0.6) is 0 Å². The first-order valence-electron chi connectivity index (χ1n) is 7.21. The van der Waals surface area contributed by atoms with Gasteiger partial charge in [0, 0.05) is 38.6 Å². The topological polar surface area (TPSA) is 44.0 Å². The van der Waals surface area contributed by atoms with E-state index < -0.39 is 0 Å². The van der Waals surface area contributed by atoms with E-state index >= 15 is 0 Å². The Hall–Kier alpha value is -1.39. The molecule has 19 heavy (non-hydrogen) atoms. The fourth-order valence-corrected chi connectivity index (χ4v) is 2.79. The van der Waals surface area contributed by atoms with Crippen LogP contribution in [0.3, 0.4) is 0 Å². The van der Waals surface area contributed by atoms with Crippen molar-refractivity contribution < 1.29 is 0 Å². The third kappa shape index (κ3) is 2.51. The zero-order valence-electron chi connectivity index (χ0n) is 11.7. The molecule has 0 bridgehead atoms. The Morgan fingerprint density at radius 1 is 1.32 bits per heavy atom. The Kier molecular flexibility index (Phi) is 3.53. The zero-order valence-corrected chi connectivity index (χ0v) is 11.7. The van der Waals surface area contributed by atoms with Crippen LogP contribution in [0.4, 0.5) is 0 Å². The van der Waals surface area contributed by atoms with Gasteiger partial charge < -0.3 is 10.3 Å². The van der Waals surface area contributed by atoms with Crippen LogP contribution in [0.15, 0.2) is 18.2 Å². The minimum absolute atomic E-state index is 0.472. The van der Waals surface area contributed by atoms with Crippen molar-refractivity contribution in [1.82, 2.24) is 20.2 Å². The minimum atomic E-state index is 0.472. The maximum Gasteiger partial charge on any atom is 0.106 e. The van der Waals surface area contributed by atoms with E-state index in [1.54, 1.807) is 0 Å². The molecule has 1 aromatic heterocycles. The van der Waals surface area contributed by atoms with Gasteiger partial charge in [0.2, 0.25) is 0 Å². The molecule has 1 fully saturated rings. The van der Waals surface area contributed by atoms with Crippen LogP contribution in [0, 0.1) is 0 Å². The van der Waals surface area contributed by atoms with E-state index in [4.69, 9.17) is 0 Å². The lowest BCUT2D eigenvalue weighted by molar-refractivity contribution is 0.185. The van der Waals surface area contributed by atoms with Gasteiger partial charge in [0.1, 0.15) is 5.82 Å². The van der Waals surface area contributed by atoms with Crippen LogP contribution < -0.4 is 5.32 Å².